The Hall–Kier alpha value is -1.09. The topological polar surface area (TPSA) is 53.0 Å². The second kappa shape index (κ2) is 2.88. The SMILES string of the molecule is Cc1cc(Cl)cnc1C(=O)[O-]. The van der Waals surface area contributed by atoms with E-state index in [1.54, 1.807) is 6.92 Å². The van der Waals surface area contributed by atoms with Crippen molar-refractivity contribution < 1.29 is 9.90 Å². The highest BCUT2D eigenvalue weighted by molar-refractivity contribution is 6.30. The number of hydrogen-bond acceptors (Lipinski definition) is 3. The van der Waals surface area contributed by atoms with Crippen molar-refractivity contribution in [3.8, 4) is 0 Å². The van der Waals surface area contributed by atoms with Crippen molar-refractivity contribution in [1.29, 1.82) is 0 Å². The van der Waals surface area contributed by atoms with Crippen LogP contribution in [0.15, 0.2) is 12.3 Å². The molecule has 1 rings (SSSR count). The van der Waals surface area contributed by atoms with Gasteiger partial charge in [0.05, 0.1) is 16.7 Å². The highest BCUT2D eigenvalue weighted by atomic mass is 35.5. The van der Waals surface area contributed by atoms with Gasteiger partial charge in [-0.1, -0.05) is 11.6 Å². The fourth-order valence-corrected chi connectivity index (χ4v) is 0.967. The molecule has 0 bridgehead atoms. The maximum Gasteiger partial charge on any atom is 0.0902 e. The lowest BCUT2D eigenvalue weighted by molar-refractivity contribution is -0.255. The van der Waals surface area contributed by atoms with Gasteiger partial charge in [0, 0.05) is 6.20 Å². The van der Waals surface area contributed by atoms with Crippen molar-refractivity contribution in [1.82, 2.24) is 4.98 Å². The zero-order chi connectivity index (χ0) is 8.43. The number of hydrogen-bond donors (Lipinski definition) is 0. The van der Waals surface area contributed by atoms with Crippen LogP contribution in [0.1, 0.15) is 16.1 Å². The van der Waals surface area contributed by atoms with Crippen LogP contribution in [0, 0.1) is 6.92 Å². The molecule has 0 N–H and O–H groups in total. The van der Waals surface area contributed by atoms with Gasteiger partial charge in [0.2, 0.25) is 0 Å². The van der Waals surface area contributed by atoms with Crippen molar-refractivity contribution in [2.24, 2.45) is 0 Å². The first kappa shape index (κ1) is 8.01. The van der Waals surface area contributed by atoms with E-state index in [4.69, 9.17) is 11.6 Å². The second-order valence-corrected chi connectivity index (χ2v) is 2.54. The highest BCUT2D eigenvalue weighted by Crippen LogP contribution is 2.10. The van der Waals surface area contributed by atoms with Crippen molar-refractivity contribution >= 4 is 17.6 Å². The molecule has 0 aliphatic carbocycles. The molecule has 0 fully saturated rings. The third-order valence-electron chi connectivity index (χ3n) is 1.24. The van der Waals surface area contributed by atoms with Crippen molar-refractivity contribution in [3.05, 3.63) is 28.5 Å². The van der Waals surface area contributed by atoms with Crippen LogP contribution < -0.4 is 5.11 Å². The van der Waals surface area contributed by atoms with Gasteiger partial charge in [-0.25, -0.2) is 0 Å². The normalized spacial score (nSPS) is 9.64. The number of aromatic nitrogens is 1. The average Bonchev–Trinajstić information content (AvgIpc) is 1.85. The van der Waals surface area contributed by atoms with Gasteiger partial charge in [0.25, 0.3) is 0 Å². The van der Waals surface area contributed by atoms with E-state index in [0.29, 0.717) is 10.6 Å². The van der Waals surface area contributed by atoms with Gasteiger partial charge in [-0.2, -0.15) is 0 Å². The number of carboxylic acids is 1. The van der Waals surface area contributed by atoms with Crippen LogP contribution >= 0.6 is 11.6 Å². The van der Waals surface area contributed by atoms with E-state index in [2.05, 4.69) is 4.98 Å². The lowest BCUT2D eigenvalue weighted by Crippen LogP contribution is -2.24. The molecule has 0 unspecified atom stereocenters. The summed E-state index contributed by atoms with van der Waals surface area (Å²) in [6.07, 6.45) is 1.28. The second-order valence-electron chi connectivity index (χ2n) is 2.11. The van der Waals surface area contributed by atoms with Crippen molar-refractivity contribution in [2.45, 2.75) is 6.92 Å². The van der Waals surface area contributed by atoms with E-state index in [0.717, 1.165) is 0 Å². The van der Waals surface area contributed by atoms with Crippen molar-refractivity contribution in [3.63, 3.8) is 0 Å². The molecule has 3 nitrogen and oxygen atoms in total. The number of carbonyl (C=O) groups is 1. The quantitative estimate of drug-likeness (QED) is 0.613. The molecular weight excluding hydrogens is 166 g/mol. The molecule has 0 amide bonds. The van der Waals surface area contributed by atoms with Crippen LogP contribution in [0.2, 0.25) is 5.02 Å². The van der Waals surface area contributed by atoms with Crippen molar-refractivity contribution in [2.75, 3.05) is 0 Å². The Morgan fingerprint density at radius 3 is 2.82 bits per heavy atom. The molecule has 0 saturated carbocycles. The molecule has 1 aromatic rings. The van der Waals surface area contributed by atoms with Gasteiger partial charge in [-0.3, -0.25) is 4.98 Å². The molecular formula is C7H5ClNO2-. The number of rotatable bonds is 1. The summed E-state index contributed by atoms with van der Waals surface area (Å²) >= 11 is 5.55. The zero-order valence-corrected chi connectivity index (χ0v) is 6.55. The van der Waals surface area contributed by atoms with Crippen LogP contribution in [-0.4, -0.2) is 11.0 Å². The minimum Gasteiger partial charge on any atom is -0.543 e. The van der Waals surface area contributed by atoms with E-state index in [-0.39, 0.29) is 5.69 Å². The van der Waals surface area contributed by atoms with Gasteiger partial charge in [0.15, 0.2) is 0 Å². The summed E-state index contributed by atoms with van der Waals surface area (Å²) in [6.45, 7) is 1.62. The van der Waals surface area contributed by atoms with E-state index >= 15 is 0 Å². The van der Waals surface area contributed by atoms with Gasteiger partial charge < -0.3 is 9.90 Å². The van der Waals surface area contributed by atoms with Gasteiger partial charge in [0.1, 0.15) is 0 Å². The summed E-state index contributed by atoms with van der Waals surface area (Å²) in [4.78, 5) is 13.9. The number of halogens is 1. The maximum atomic E-state index is 10.3. The molecule has 0 saturated heterocycles. The van der Waals surface area contributed by atoms with Gasteiger partial charge in [-0.05, 0) is 18.6 Å². The first-order valence-corrected chi connectivity index (χ1v) is 3.32. The number of carbonyl (C=O) groups excluding carboxylic acids is 1. The molecule has 4 heteroatoms. The molecule has 0 aliphatic rings. The average molecular weight is 171 g/mol. The number of nitrogens with zero attached hydrogens (tertiary/aromatic N) is 1. The Morgan fingerprint density at radius 2 is 2.36 bits per heavy atom. The van der Waals surface area contributed by atoms with Crippen LogP contribution in [0.5, 0.6) is 0 Å². The molecule has 0 atom stereocenters. The molecule has 0 aliphatic heterocycles. The lowest BCUT2D eigenvalue weighted by Gasteiger charge is -2.04. The Morgan fingerprint density at radius 1 is 1.73 bits per heavy atom. The summed E-state index contributed by atoms with van der Waals surface area (Å²) in [6, 6.07) is 1.53. The summed E-state index contributed by atoms with van der Waals surface area (Å²) < 4.78 is 0. The third-order valence-corrected chi connectivity index (χ3v) is 1.44. The summed E-state index contributed by atoms with van der Waals surface area (Å²) in [5.41, 5.74) is 0.451. The zero-order valence-electron chi connectivity index (χ0n) is 5.80. The van der Waals surface area contributed by atoms with E-state index < -0.39 is 5.97 Å². The number of aromatic carboxylic acids is 1. The first-order chi connectivity index (χ1) is 5.11. The molecule has 0 aromatic carbocycles. The summed E-state index contributed by atoms with van der Waals surface area (Å²) in [7, 11) is 0. The minimum atomic E-state index is -1.28. The smallest absolute Gasteiger partial charge is 0.0902 e. The molecule has 1 aromatic heterocycles. The fraction of sp³-hybridized carbons (Fsp3) is 0.143. The molecule has 58 valence electrons. The standard InChI is InChI=1S/C7H6ClNO2/c1-4-2-5(8)3-9-6(4)7(10)11/h2-3H,1H3,(H,10,11)/p-1. The summed E-state index contributed by atoms with van der Waals surface area (Å²) in [5, 5.41) is 10.7. The first-order valence-electron chi connectivity index (χ1n) is 2.95. The van der Waals surface area contributed by atoms with Crippen LogP contribution in [0.4, 0.5) is 0 Å². The number of pyridine rings is 1. The third kappa shape index (κ3) is 1.68. The van der Waals surface area contributed by atoms with Crippen LogP contribution in [0.25, 0.3) is 0 Å². The Balaban J connectivity index is 3.20. The van der Waals surface area contributed by atoms with E-state index in [1.807, 2.05) is 0 Å². The predicted octanol–water partition coefficient (Wildman–Crippen LogP) is 0.407. The predicted molar refractivity (Wildman–Crippen MR) is 38.3 cm³/mol. The van der Waals surface area contributed by atoms with E-state index in [1.165, 1.54) is 12.3 Å². The molecule has 11 heavy (non-hydrogen) atoms. The highest BCUT2D eigenvalue weighted by Gasteiger charge is 2.00. The number of aryl methyl sites for hydroxylation is 1. The fourth-order valence-electron chi connectivity index (χ4n) is 0.754. The Bertz CT molecular complexity index is 298. The van der Waals surface area contributed by atoms with Crippen LogP contribution in [0.3, 0.4) is 0 Å². The van der Waals surface area contributed by atoms with Gasteiger partial charge in [-0.15, -0.1) is 0 Å². The Labute approximate surface area is 68.6 Å². The van der Waals surface area contributed by atoms with Gasteiger partial charge >= 0.3 is 0 Å². The minimum absolute atomic E-state index is 0.0607. The molecule has 1 heterocycles. The monoisotopic (exact) mass is 170 g/mol. The molecule has 0 spiro atoms. The largest absolute Gasteiger partial charge is 0.543 e. The maximum absolute atomic E-state index is 10.3. The number of carboxylic acid groups (broad SMARTS) is 1. The van der Waals surface area contributed by atoms with E-state index in [9.17, 15) is 9.90 Å². The Kier molecular flexibility index (Phi) is 2.10. The molecule has 0 radical (unpaired) electrons. The summed E-state index contributed by atoms with van der Waals surface area (Å²) in [5.74, 6) is -1.28. The lowest BCUT2D eigenvalue weighted by atomic mass is 10.2. The van der Waals surface area contributed by atoms with Crippen LogP contribution in [-0.2, 0) is 0 Å².